The van der Waals surface area contributed by atoms with Crippen LogP contribution in [0.4, 0.5) is 5.69 Å². The molecule has 0 saturated heterocycles. The van der Waals surface area contributed by atoms with Gasteiger partial charge in [0.2, 0.25) is 0 Å². The molecule has 1 unspecified atom stereocenters. The molecule has 0 aliphatic carbocycles. The number of anilines is 1. The van der Waals surface area contributed by atoms with Crippen LogP contribution in [-0.4, -0.2) is 22.3 Å². The first-order valence-corrected chi connectivity index (χ1v) is 12.7. The Hall–Kier alpha value is -2.44. The monoisotopic (exact) mass is 485 g/mol. The Kier molecular flexibility index (Phi) is 10.1. The summed E-state index contributed by atoms with van der Waals surface area (Å²) in [7, 11) is 0. The van der Waals surface area contributed by atoms with Gasteiger partial charge in [-0.15, -0.1) is 0 Å². The van der Waals surface area contributed by atoms with Gasteiger partial charge < -0.3 is 20.7 Å². The standard InChI is InChI=1S/C25H31NO4S.C3H8/c1-15-11-22(20(25(2,3)4)12-17(15)14-27)31-23-21(28)13-19(30-24(23)29)10-7-16-5-8-18(26)9-6-16;1-3-2/h5-6,8-9,11-12,19,27-28H,7,10,13-14,26H2,1-4H3;3H2,1-2H3. The predicted octanol–water partition coefficient (Wildman–Crippen LogP) is 6.59. The third-order valence-electron chi connectivity index (χ3n) is 5.51. The fraction of sp³-hybridized carbons (Fsp3) is 0.464. The molecule has 0 spiro atoms. The molecule has 1 aliphatic rings. The van der Waals surface area contributed by atoms with Gasteiger partial charge in [-0.3, -0.25) is 0 Å². The molecule has 1 aliphatic heterocycles. The van der Waals surface area contributed by atoms with Crippen LogP contribution in [0.2, 0.25) is 0 Å². The molecule has 0 amide bonds. The van der Waals surface area contributed by atoms with Crippen LogP contribution in [0.15, 0.2) is 52.0 Å². The second-order valence-electron chi connectivity index (χ2n) is 9.78. The number of cyclic esters (lactones) is 1. The zero-order chi connectivity index (χ0) is 25.5. The van der Waals surface area contributed by atoms with E-state index in [0.717, 1.165) is 33.6 Å². The number of rotatable bonds is 6. The highest BCUT2D eigenvalue weighted by molar-refractivity contribution is 8.04. The molecule has 34 heavy (non-hydrogen) atoms. The lowest BCUT2D eigenvalue weighted by molar-refractivity contribution is -0.145. The van der Waals surface area contributed by atoms with E-state index in [4.69, 9.17) is 10.5 Å². The van der Waals surface area contributed by atoms with Crippen molar-refractivity contribution in [1.29, 1.82) is 0 Å². The van der Waals surface area contributed by atoms with Gasteiger partial charge in [-0.05, 0) is 65.6 Å². The Morgan fingerprint density at radius 2 is 1.76 bits per heavy atom. The lowest BCUT2D eigenvalue weighted by Gasteiger charge is -2.27. The summed E-state index contributed by atoms with van der Waals surface area (Å²) in [5.41, 5.74) is 10.2. The van der Waals surface area contributed by atoms with Gasteiger partial charge in [-0.25, -0.2) is 4.79 Å². The van der Waals surface area contributed by atoms with E-state index in [1.807, 2.05) is 43.3 Å². The first kappa shape index (κ1) is 27.8. The molecule has 3 rings (SSSR count). The van der Waals surface area contributed by atoms with Gasteiger partial charge in [-0.1, -0.05) is 71.0 Å². The molecular formula is C28H39NO4S. The highest BCUT2D eigenvalue weighted by Crippen LogP contribution is 2.41. The second-order valence-corrected chi connectivity index (χ2v) is 10.8. The topological polar surface area (TPSA) is 92.8 Å². The maximum absolute atomic E-state index is 12.7. The molecule has 2 aromatic carbocycles. The molecule has 2 aromatic rings. The minimum Gasteiger partial charge on any atom is -0.511 e. The van der Waals surface area contributed by atoms with E-state index in [0.29, 0.717) is 18.5 Å². The van der Waals surface area contributed by atoms with Gasteiger partial charge in [-0.2, -0.15) is 0 Å². The van der Waals surface area contributed by atoms with Crippen molar-refractivity contribution in [2.75, 3.05) is 5.73 Å². The highest BCUT2D eigenvalue weighted by Gasteiger charge is 2.31. The number of esters is 1. The third kappa shape index (κ3) is 7.54. The molecule has 5 nitrogen and oxygen atoms in total. The molecule has 1 heterocycles. The smallest absolute Gasteiger partial charge is 0.348 e. The zero-order valence-corrected chi connectivity index (χ0v) is 22.1. The van der Waals surface area contributed by atoms with Crippen LogP contribution in [0.5, 0.6) is 0 Å². The predicted molar refractivity (Wildman–Crippen MR) is 141 cm³/mol. The van der Waals surface area contributed by atoms with E-state index in [2.05, 4.69) is 34.6 Å². The normalized spacial score (nSPS) is 16.1. The average Bonchev–Trinajstić information content (AvgIpc) is 2.75. The molecule has 6 heteroatoms. The summed E-state index contributed by atoms with van der Waals surface area (Å²) in [4.78, 5) is 13.9. The van der Waals surface area contributed by atoms with Crippen LogP contribution >= 0.6 is 11.8 Å². The van der Waals surface area contributed by atoms with Crippen molar-refractivity contribution in [3.63, 3.8) is 0 Å². The third-order valence-corrected chi connectivity index (χ3v) is 6.67. The number of ether oxygens (including phenoxy) is 1. The second kappa shape index (κ2) is 12.3. The van der Waals surface area contributed by atoms with Gasteiger partial charge in [0.25, 0.3) is 0 Å². The van der Waals surface area contributed by atoms with Crippen molar-refractivity contribution in [3.05, 3.63) is 69.3 Å². The Labute approximate surface area is 208 Å². The fourth-order valence-electron chi connectivity index (χ4n) is 3.62. The average molecular weight is 486 g/mol. The molecule has 0 saturated carbocycles. The fourth-order valence-corrected chi connectivity index (χ4v) is 4.89. The number of hydrogen-bond acceptors (Lipinski definition) is 6. The summed E-state index contributed by atoms with van der Waals surface area (Å²) < 4.78 is 5.65. The van der Waals surface area contributed by atoms with Crippen LogP contribution in [-0.2, 0) is 28.0 Å². The summed E-state index contributed by atoms with van der Waals surface area (Å²) in [5, 5.41) is 20.3. The van der Waals surface area contributed by atoms with Crippen molar-refractivity contribution < 1.29 is 19.7 Å². The Morgan fingerprint density at radius 3 is 2.29 bits per heavy atom. The van der Waals surface area contributed by atoms with Crippen molar-refractivity contribution in [2.24, 2.45) is 0 Å². The van der Waals surface area contributed by atoms with E-state index in [1.165, 1.54) is 18.2 Å². The van der Waals surface area contributed by atoms with E-state index in [1.54, 1.807) is 0 Å². The lowest BCUT2D eigenvalue weighted by atomic mass is 9.85. The van der Waals surface area contributed by atoms with Gasteiger partial charge in [0.05, 0.1) is 6.61 Å². The summed E-state index contributed by atoms with van der Waals surface area (Å²) in [6, 6.07) is 11.6. The van der Waals surface area contributed by atoms with Crippen LogP contribution < -0.4 is 5.73 Å². The zero-order valence-electron chi connectivity index (χ0n) is 21.3. The van der Waals surface area contributed by atoms with Crippen molar-refractivity contribution >= 4 is 23.4 Å². The van der Waals surface area contributed by atoms with Crippen LogP contribution in [0.3, 0.4) is 0 Å². The molecular weight excluding hydrogens is 446 g/mol. The summed E-state index contributed by atoms with van der Waals surface area (Å²) in [6.07, 6.45) is 2.58. The van der Waals surface area contributed by atoms with Crippen LogP contribution in [0, 0.1) is 6.92 Å². The number of aliphatic hydroxyl groups excluding tert-OH is 2. The Morgan fingerprint density at radius 1 is 1.15 bits per heavy atom. The van der Waals surface area contributed by atoms with Crippen molar-refractivity contribution in [3.8, 4) is 0 Å². The largest absolute Gasteiger partial charge is 0.511 e. The number of nitrogens with two attached hydrogens (primary N) is 1. The van der Waals surface area contributed by atoms with Crippen molar-refractivity contribution in [1.82, 2.24) is 0 Å². The van der Waals surface area contributed by atoms with Gasteiger partial charge in [0.15, 0.2) is 0 Å². The van der Waals surface area contributed by atoms with E-state index in [-0.39, 0.29) is 28.8 Å². The molecule has 0 radical (unpaired) electrons. The highest BCUT2D eigenvalue weighted by atomic mass is 32.2. The van der Waals surface area contributed by atoms with Gasteiger partial charge in [0, 0.05) is 17.0 Å². The number of nitrogen functional groups attached to an aromatic ring is 1. The van der Waals surface area contributed by atoms with Gasteiger partial charge >= 0.3 is 5.97 Å². The number of aryl methyl sites for hydroxylation is 2. The quantitative estimate of drug-likeness (QED) is 0.316. The molecule has 4 N–H and O–H groups in total. The molecule has 186 valence electrons. The summed E-state index contributed by atoms with van der Waals surface area (Å²) in [5.74, 6) is -0.410. The molecule has 0 bridgehead atoms. The number of carbonyl (C=O) groups excluding carboxylic acids is 1. The number of thioether (sulfide) groups is 1. The molecule has 0 fully saturated rings. The Balaban J connectivity index is 0.00000129. The maximum atomic E-state index is 12.7. The van der Waals surface area contributed by atoms with Crippen molar-refractivity contribution in [2.45, 2.75) is 90.2 Å². The first-order valence-electron chi connectivity index (χ1n) is 11.9. The maximum Gasteiger partial charge on any atom is 0.348 e. The van der Waals surface area contributed by atoms with Gasteiger partial charge in [0.1, 0.15) is 16.8 Å². The van der Waals surface area contributed by atoms with E-state index in [9.17, 15) is 15.0 Å². The first-order chi connectivity index (χ1) is 16.0. The lowest BCUT2D eigenvalue weighted by Crippen LogP contribution is -2.26. The van der Waals surface area contributed by atoms with Crippen LogP contribution in [0.25, 0.3) is 0 Å². The summed E-state index contributed by atoms with van der Waals surface area (Å²) >= 11 is 1.25. The number of aliphatic hydroxyl groups is 2. The molecule has 0 aromatic heterocycles. The van der Waals surface area contributed by atoms with E-state index < -0.39 is 5.97 Å². The number of carbonyl (C=O) groups is 1. The van der Waals surface area contributed by atoms with E-state index >= 15 is 0 Å². The molecule has 1 atom stereocenters. The SMILES string of the molecule is CCC.Cc1cc(SC2=C(O)CC(CCc3ccc(N)cc3)OC2=O)c(C(C)(C)C)cc1CO. The minimum atomic E-state index is -0.486. The number of benzene rings is 2. The van der Waals surface area contributed by atoms with Crippen LogP contribution in [0.1, 0.15) is 76.1 Å². The minimum absolute atomic E-state index is 0.0362. The number of hydrogen-bond donors (Lipinski definition) is 3. The Bertz CT molecular complexity index is 1010. The summed E-state index contributed by atoms with van der Waals surface area (Å²) in [6.45, 7) is 12.4.